The highest BCUT2D eigenvalue weighted by molar-refractivity contribution is 7.92. The molecule has 0 saturated carbocycles. The van der Waals surface area contributed by atoms with Crippen molar-refractivity contribution in [3.63, 3.8) is 0 Å². The number of carbonyl (C=O) groups is 1. The minimum absolute atomic E-state index is 0.0305. The van der Waals surface area contributed by atoms with Crippen LogP contribution < -0.4 is 9.46 Å². The van der Waals surface area contributed by atoms with Crippen LogP contribution in [0.15, 0.2) is 64.9 Å². The number of nitrogens with zero attached hydrogens (tertiary/aromatic N) is 1. The Hall–Kier alpha value is -2.84. The molecule has 0 radical (unpaired) electrons. The summed E-state index contributed by atoms with van der Waals surface area (Å²) in [6, 6.07) is 14.7. The zero-order valence-corrected chi connectivity index (χ0v) is 18.7. The summed E-state index contributed by atoms with van der Waals surface area (Å²) in [5.74, 6) is 0.429. The van der Waals surface area contributed by atoms with Crippen molar-refractivity contribution in [1.29, 1.82) is 0 Å². The number of benzene rings is 2. The number of ether oxygens (including phenoxy) is 1. The molecule has 1 N–H and O–H groups in total. The molecule has 30 heavy (non-hydrogen) atoms. The van der Waals surface area contributed by atoms with Gasteiger partial charge >= 0.3 is 0 Å². The number of carbonyl (C=O) groups excluding carboxylic acids is 1. The lowest BCUT2D eigenvalue weighted by molar-refractivity contribution is 0.0786. The van der Waals surface area contributed by atoms with Gasteiger partial charge in [0.2, 0.25) is 0 Å². The fraction of sp³-hybridized carbons (Fsp3) is 0.227. The highest BCUT2D eigenvalue weighted by Crippen LogP contribution is 2.22. The predicted molar refractivity (Wildman–Crippen MR) is 120 cm³/mol. The maximum Gasteiger partial charge on any atom is 0.261 e. The lowest BCUT2D eigenvalue weighted by Crippen LogP contribution is -2.26. The molecule has 0 saturated heterocycles. The van der Waals surface area contributed by atoms with Crippen molar-refractivity contribution in [2.24, 2.45) is 0 Å². The first-order valence-electron chi connectivity index (χ1n) is 9.44. The number of hydrogen-bond acceptors (Lipinski definition) is 5. The van der Waals surface area contributed by atoms with Gasteiger partial charge in [-0.25, -0.2) is 8.42 Å². The maximum absolute atomic E-state index is 12.8. The first-order valence-corrected chi connectivity index (χ1v) is 11.8. The summed E-state index contributed by atoms with van der Waals surface area (Å²) in [5.41, 5.74) is 1.87. The van der Waals surface area contributed by atoms with E-state index >= 15 is 0 Å². The molecule has 0 spiro atoms. The van der Waals surface area contributed by atoms with Crippen molar-refractivity contribution in [1.82, 2.24) is 4.90 Å². The van der Waals surface area contributed by atoms with Gasteiger partial charge in [0, 0.05) is 23.2 Å². The van der Waals surface area contributed by atoms with Gasteiger partial charge in [-0.2, -0.15) is 0 Å². The number of thiophene rings is 1. The molecule has 1 heterocycles. The molecule has 6 nitrogen and oxygen atoms in total. The van der Waals surface area contributed by atoms with Gasteiger partial charge in [0.05, 0.1) is 18.0 Å². The smallest absolute Gasteiger partial charge is 0.261 e. The summed E-state index contributed by atoms with van der Waals surface area (Å²) in [4.78, 5) is 15.5. The summed E-state index contributed by atoms with van der Waals surface area (Å²) >= 11 is 1.59. The Kier molecular flexibility index (Phi) is 6.79. The third-order valence-electron chi connectivity index (χ3n) is 4.50. The van der Waals surface area contributed by atoms with Crippen molar-refractivity contribution in [2.45, 2.75) is 25.3 Å². The molecular formula is C22H24N2O4S2. The van der Waals surface area contributed by atoms with Gasteiger partial charge in [-0.05, 0) is 73.3 Å². The largest absolute Gasteiger partial charge is 0.494 e. The zero-order valence-electron chi connectivity index (χ0n) is 17.1. The Bertz CT molecular complexity index is 1120. The van der Waals surface area contributed by atoms with Crippen LogP contribution in [-0.2, 0) is 16.6 Å². The molecule has 0 atom stereocenters. The van der Waals surface area contributed by atoms with E-state index in [2.05, 4.69) is 4.72 Å². The van der Waals surface area contributed by atoms with Crippen molar-refractivity contribution in [2.75, 3.05) is 18.4 Å². The summed E-state index contributed by atoms with van der Waals surface area (Å²) < 4.78 is 33.5. The quantitative estimate of drug-likeness (QED) is 0.554. The van der Waals surface area contributed by atoms with E-state index in [1.807, 2.05) is 25.3 Å². The number of hydrogen-bond donors (Lipinski definition) is 1. The van der Waals surface area contributed by atoms with Gasteiger partial charge in [-0.1, -0.05) is 6.07 Å². The van der Waals surface area contributed by atoms with Crippen LogP contribution in [0.2, 0.25) is 0 Å². The number of sulfonamides is 1. The van der Waals surface area contributed by atoms with Crippen LogP contribution >= 0.6 is 11.3 Å². The molecule has 0 unspecified atom stereocenters. The number of nitrogens with one attached hydrogen (secondary N) is 1. The van der Waals surface area contributed by atoms with Gasteiger partial charge in [0.1, 0.15) is 5.75 Å². The predicted octanol–water partition coefficient (Wildman–Crippen LogP) is 4.53. The second kappa shape index (κ2) is 9.32. The SMILES string of the molecule is CCOc1ccc(NS(=O)(=O)c2cccc(C(=O)N(C)Cc3sccc3C)c2)cc1. The third-order valence-corrected chi connectivity index (χ3v) is 6.89. The highest BCUT2D eigenvalue weighted by Gasteiger charge is 2.19. The van der Waals surface area contributed by atoms with Gasteiger partial charge < -0.3 is 9.64 Å². The second-order valence-electron chi connectivity index (χ2n) is 6.78. The molecule has 1 amide bonds. The van der Waals surface area contributed by atoms with Crippen LogP contribution in [0.25, 0.3) is 0 Å². The lowest BCUT2D eigenvalue weighted by Gasteiger charge is -2.17. The molecule has 0 fully saturated rings. The van der Waals surface area contributed by atoms with Gasteiger partial charge in [0.15, 0.2) is 0 Å². The third kappa shape index (κ3) is 5.20. The Morgan fingerprint density at radius 2 is 1.87 bits per heavy atom. The second-order valence-corrected chi connectivity index (χ2v) is 9.46. The number of aryl methyl sites for hydroxylation is 1. The molecule has 0 aliphatic rings. The van der Waals surface area contributed by atoms with E-state index in [9.17, 15) is 13.2 Å². The van der Waals surface area contributed by atoms with Gasteiger partial charge in [0.25, 0.3) is 15.9 Å². The van der Waals surface area contributed by atoms with Crippen LogP contribution in [0.1, 0.15) is 27.7 Å². The standard InChI is InChI=1S/C22H24N2O4S2/c1-4-28-19-10-8-18(9-11-19)23-30(26,27)20-7-5-6-17(14-20)22(25)24(3)15-21-16(2)12-13-29-21/h5-14,23H,4,15H2,1-3H3. The first kappa shape index (κ1) is 21.9. The maximum atomic E-state index is 12.8. The Balaban J connectivity index is 1.76. The zero-order chi connectivity index (χ0) is 21.7. The number of rotatable bonds is 8. The summed E-state index contributed by atoms with van der Waals surface area (Å²) in [6.45, 7) is 4.89. The molecule has 3 rings (SSSR count). The van der Waals surface area contributed by atoms with Gasteiger partial charge in [-0.15, -0.1) is 11.3 Å². The summed E-state index contributed by atoms with van der Waals surface area (Å²) in [5, 5.41) is 1.99. The fourth-order valence-corrected chi connectivity index (χ4v) is 4.93. The average Bonchev–Trinajstić information content (AvgIpc) is 3.13. The molecule has 0 aliphatic carbocycles. The van der Waals surface area contributed by atoms with E-state index in [1.165, 1.54) is 12.1 Å². The van der Waals surface area contributed by atoms with Crippen molar-refractivity contribution in [3.05, 3.63) is 76.0 Å². The minimum atomic E-state index is -3.84. The molecule has 2 aromatic carbocycles. The van der Waals surface area contributed by atoms with Crippen molar-refractivity contribution < 1.29 is 17.9 Å². The van der Waals surface area contributed by atoms with E-state index in [0.29, 0.717) is 30.2 Å². The van der Waals surface area contributed by atoms with Gasteiger partial charge in [-0.3, -0.25) is 9.52 Å². The van der Waals surface area contributed by atoms with Crippen LogP contribution in [0.4, 0.5) is 5.69 Å². The number of amides is 1. The van der Waals surface area contributed by atoms with Crippen LogP contribution in [0, 0.1) is 6.92 Å². The van der Waals surface area contributed by atoms with Crippen LogP contribution in [0.5, 0.6) is 5.75 Å². The summed E-state index contributed by atoms with van der Waals surface area (Å²) in [7, 11) is -2.13. The average molecular weight is 445 g/mol. The monoisotopic (exact) mass is 444 g/mol. The van der Waals surface area contributed by atoms with E-state index in [0.717, 1.165) is 10.4 Å². The molecule has 8 heteroatoms. The molecule has 158 valence electrons. The normalized spacial score (nSPS) is 11.2. The van der Waals surface area contributed by atoms with Crippen molar-refractivity contribution >= 4 is 33.0 Å². The van der Waals surface area contributed by atoms with E-state index in [1.54, 1.807) is 59.7 Å². The number of anilines is 1. The van der Waals surface area contributed by atoms with E-state index in [-0.39, 0.29) is 10.8 Å². The molecule has 3 aromatic rings. The molecule has 1 aromatic heterocycles. The fourth-order valence-electron chi connectivity index (χ4n) is 2.87. The Labute approximate surface area is 181 Å². The molecular weight excluding hydrogens is 420 g/mol. The van der Waals surface area contributed by atoms with E-state index in [4.69, 9.17) is 4.74 Å². The molecule has 0 bridgehead atoms. The minimum Gasteiger partial charge on any atom is -0.494 e. The topological polar surface area (TPSA) is 75.7 Å². The van der Waals surface area contributed by atoms with E-state index < -0.39 is 10.0 Å². The first-order chi connectivity index (χ1) is 14.3. The summed E-state index contributed by atoms with van der Waals surface area (Å²) in [6.07, 6.45) is 0. The van der Waals surface area contributed by atoms with Crippen molar-refractivity contribution in [3.8, 4) is 5.75 Å². The van der Waals surface area contributed by atoms with Crippen LogP contribution in [-0.4, -0.2) is 32.9 Å². The highest BCUT2D eigenvalue weighted by atomic mass is 32.2. The Morgan fingerprint density at radius 3 is 2.50 bits per heavy atom. The van der Waals surface area contributed by atoms with Crippen LogP contribution in [0.3, 0.4) is 0 Å². The molecule has 0 aliphatic heterocycles. The lowest BCUT2D eigenvalue weighted by atomic mass is 10.2. The Morgan fingerprint density at radius 1 is 1.13 bits per heavy atom.